The molecule has 0 bridgehead atoms. The fourth-order valence-corrected chi connectivity index (χ4v) is 7.25. The lowest BCUT2D eigenvalue weighted by Gasteiger charge is -2.25. The summed E-state index contributed by atoms with van der Waals surface area (Å²) in [6, 6.07) is 6.66. The van der Waals surface area contributed by atoms with Crippen molar-refractivity contribution in [1.29, 1.82) is 0 Å². The summed E-state index contributed by atoms with van der Waals surface area (Å²) in [5.41, 5.74) is -0.0812. The van der Waals surface area contributed by atoms with Gasteiger partial charge in [-0.2, -0.15) is 4.99 Å². The second-order valence-corrected chi connectivity index (χ2v) is 11.5. The third kappa shape index (κ3) is 5.43. The number of rotatable bonds is 3. The van der Waals surface area contributed by atoms with E-state index in [0.29, 0.717) is 15.9 Å². The van der Waals surface area contributed by atoms with Crippen LogP contribution in [-0.4, -0.2) is 60.5 Å². The number of ether oxygens (including phenoxy) is 1. The summed E-state index contributed by atoms with van der Waals surface area (Å²) < 4.78 is 29.3. The number of nitrogens with one attached hydrogen (secondary N) is 1. The van der Waals surface area contributed by atoms with Crippen molar-refractivity contribution in [3.8, 4) is 0 Å². The van der Waals surface area contributed by atoms with Crippen molar-refractivity contribution in [2.75, 3.05) is 23.0 Å². The Bertz CT molecular complexity index is 958. The highest BCUT2D eigenvalue weighted by Crippen LogP contribution is 2.42. The molecule has 0 saturated carbocycles. The van der Waals surface area contributed by atoms with Crippen LogP contribution in [0.3, 0.4) is 0 Å². The summed E-state index contributed by atoms with van der Waals surface area (Å²) in [4.78, 5) is 29.9. The van der Waals surface area contributed by atoms with Gasteiger partial charge in [-0.15, -0.1) is 0 Å². The molecule has 3 rings (SSSR count). The zero-order valence-electron chi connectivity index (χ0n) is 16.2. The molecule has 1 aromatic carbocycles. The Morgan fingerprint density at radius 2 is 2.00 bits per heavy atom. The highest BCUT2D eigenvalue weighted by molar-refractivity contribution is 8.16. The van der Waals surface area contributed by atoms with Crippen LogP contribution in [0.2, 0.25) is 5.02 Å². The topological polar surface area (TPSA) is 105 Å². The number of hydrogen-bond acceptors (Lipinski definition) is 6. The first-order valence-corrected chi connectivity index (χ1v) is 12.0. The summed E-state index contributed by atoms with van der Waals surface area (Å²) in [5, 5.41) is 2.95. The Labute approximate surface area is 178 Å². The maximum atomic E-state index is 12.3. The average molecular weight is 460 g/mol. The molecule has 2 aliphatic heterocycles. The molecule has 1 aromatic rings. The number of sulfone groups is 1. The van der Waals surface area contributed by atoms with Crippen LogP contribution in [0.15, 0.2) is 29.3 Å². The molecule has 0 spiro atoms. The van der Waals surface area contributed by atoms with E-state index in [-0.39, 0.29) is 29.3 Å². The smallest absolute Gasteiger partial charge is 0.408 e. The Balaban J connectivity index is 1.79. The van der Waals surface area contributed by atoms with Crippen LogP contribution in [0.25, 0.3) is 0 Å². The minimum atomic E-state index is -3.17. The summed E-state index contributed by atoms with van der Waals surface area (Å²) in [7, 11) is -3.17. The second-order valence-electron chi connectivity index (χ2n) is 7.77. The molecule has 29 heavy (non-hydrogen) atoms. The average Bonchev–Trinajstić information content (AvgIpc) is 3.03. The van der Waals surface area contributed by atoms with E-state index in [1.54, 1.807) is 49.9 Å². The van der Waals surface area contributed by atoms with Gasteiger partial charge in [-0.3, -0.25) is 4.79 Å². The van der Waals surface area contributed by atoms with Gasteiger partial charge in [-0.05, 0) is 32.9 Å². The molecule has 0 aliphatic carbocycles. The van der Waals surface area contributed by atoms with Crippen molar-refractivity contribution in [2.45, 2.75) is 37.7 Å². The second kappa shape index (κ2) is 8.16. The summed E-state index contributed by atoms with van der Waals surface area (Å²) in [6.07, 6.45) is -0.712. The first kappa shape index (κ1) is 21.9. The van der Waals surface area contributed by atoms with Crippen molar-refractivity contribution in [3.05, 3.63) is 29.3 Å². The number of halogens is 1. The van der Waals surface area contributed by atoms with Crippen LogP contribution in [-0.2, 0) is 19.4 Å². The largest absolute Gasteiger partial charge is 0.444 e. The van der Waals surface area contributed by atoms with Crippen LogP contribution in [0.1, 0.15) is 20.8 Å². The van der Waals surface area contributed by atoms with E-state index in [1.807, 2.05) is 0 Å². The number of alkyl carbamates (subject to hydrolysis) is 1. The molecule has 11 heteroatoms. The molecule has 0 unspecified atom stereocenters. The van der Waals surface area contributed by atoms with Crippen LogP contribution in [0.4, 0.5) is 10.5 Å². The van der Waals surface area contributed by atoms with Gasteiger partial charge in [0, 0.05) is 5.25 Å². The van der Waals surface area contributed by atoms with Gasteiger partial charge in [0.05, 0.1) is 28.3 Å². The Morgan fingerprint density at radius 3 is 2.66 bits per heavy atom. The number of aliphatic imine (C=N–C) groups is 1. The normalized spacial score (nSPS) is 24.4. The lowest BCUT2D eigenvalue weighted by molar-refractivity contribution is -0.117. The molecule has 2 atom stereocenters. The van der Waals surface area contributed by atoms with E-state index in [2.05, 4.69) is 10.3 Å². The SMILES string of the molecule is CC(C)(C)OC(=O)NCC(=O)N=C1S[C@H]2CS(=O)(=O)C[C@@H]2N1c1ccccc1Cl. The van der Waals surface area contributed by atoms with Gasteiger partial charge >= 0.3 is 6.09 Å². The van der Waals surface area contributed by atoms with Crippen molar-refractivity contribution in [3.63, 3.8) is 0 Å². The molecule has 0 aromatic heterocycles. The van der Waals surface area contributed by atoms with Gasteiger partial charge in [0.15, 0.2) is 15.0 Å². The zero-order valence-corrected chi connectivity index (χ0v) is 18.6. The van der Waals surface area contributed by atoms with Gasteiger partial charge < -0.3 is 15.0 Å². The molecule has 1 N–H and O–H groups in total. The van der Waals surface area contributed by atoms with E-state index >= 15 is 0 Å². The first-order valence-electron chi connectivity index (χ1n) is 8.94. The molecule has 0 radical (unpaired) electrons. The number of thioether (sulfide) groups is 1. The summed E-state index contributed by atoms with van der Waals surface area (Å²) >= 11 is 7.56. The Hall–Kier alpha value is -1.78. The fraction of sp³-hybridized carbons (Fsp3) is 0.500. The lowest BCUT2D eigenvalue weighted by Crippen LogP contribution is -2.38. The third-order valence-electron chi connectivity index (χ3n) is 4.18. The number of nitrogens with zero attached hydrogens (tertiary/aromatic N) is 2. The highest BCUT2D eigenvalue weighted by atomic mass is 35.5. The van der Waals surface area contributed by atoms with Crippen LogP contribution in [0, 0.1) is 0 Å². The molecule has 2 fully saturated rings. The summed E-state index contributed by atoms with van der Waals surface area (Å²) in [5.74, 6) is -0.579. The molecular formula is C18H22ClN3O5S2. The minimum absolute atomic E-state index is 0.0205. The first-order chi connectivity index (χ1) is 13.5. The van der Waals surface area contributed by atoms with Gasteiger partial charge in [-0.1, -0.05) is 35.5 Å². The maximum absolute atomic E-state index is 12.3. The van der Waals surface area contributed by atoms with Gasteiger partial charge in [0.25, 0.3) is 5.91 Å². The molecule has 8 nitrogen and oxygen atoms in total. The van der Waals surface area contributed by atoms with Crippen LogP contribution < -0.4 is 10.2 Å². The molecule has 158 valence electrons. The van der Waals surface area contributed by atoms with Crippen LogP contribution >= 0.6 is 23.4 Å². The molecule has 2 aliphatic rings. The third-order valence-corrected chi connectivity index (χ3v) is 7.71. The number of para-hydroxylation sites is 1. The standard InChI is InChI=1S/C18H22ClN3O5S2/c1-18(2,3)27-17(24)20-8-15(23)21-16-22(12-7-5-4-6-11(12)19)13-9-29(25,26)10-14(13)28-16/h4-7,13-14H,8-10H2,1-3H3,(H,20,24)/t13-,14-/m0/s1. The van der Waals surface area contributed by atoms with E-state index in [9.17, 15) is 18.0 Å². The number of anilines is 1. The van der Waals surface area contributed by atoms with Crippen molar-refractivity contribution >= 4 is 56.1 Å². The highest BCUT2D eigenvalue weighted by Gasteiger charge is 2.49. The predicted octanol–water partition coefficient (Wildman–Crippen LogP) is 2.47. The number of hydrogen-bond donors (Lipinski definition) is 1. The zero-order chi connectivity index (χ0) is 21.4. The molecule has 2 saturated heterocycles. The van der Waals surface area contributed by atoms with Crippen molar-refractivity contribution in [2.24, 2.45) is 4.99 Å². The Kier molecular flexibility index (Phi) is 6.16. The van der Waals surface area contributed by atoms with Gasteiger partial charge in [0.2, 0.25) is 0 Å². The number of fused-ring (bicyclic) bond motifs is 1. The number of carbonyl (C=O) groups excluding carboxylic acids is 2. The fourth-order valence-electron chi connectivity index (χ4n) is 3.10. The maximum Gasteiger partial charge on any atom is 0.408 e. The van der Waals surface area contributed by atoms with E-state index in [4.69, 9.17) is 16.3 Å². The molecular weight excluding hydrogens is 438 g/mol. The lowest BCUT2D eigenvalue weighted by atomic mass is 10.2. The van der Waals surface area contributed by atoms with Crippen LogP contribution in [0.5, 0.6) is 0 Å². The number of carbonyl (C=O) groups is 2. The number of benzene rings is 1. The number of amides is 2. The minimum Gasteiger partial charge on any atom is -0.444 e. The van der Waals surface area contributed by atoms with E-state index in [1.165, 1.54) is 11.8 Å². The number of amidine groups is 1. The molecule has 2 amide bonds. The summed E-state index contributed by atoms with van der Waals surface area (Å²) in [6.45, 7) is 4.83. The van der Waals surface area contributed by atoms with Gasteiger partial charge in [0.1, 0.15) is 12.1 Å². The van der Waals surface area contributed by atoms with Gasteiger partial charge in [-0.25, -0.2) is 13.2 Å². The van der Waals surface area contributed by atoms with Crippen molar-refractivity contribution in [1.82, 2.24) is 5.32 Å². The van der Waals surface area contributed by atoms with E-state index in [0.717, 1.165) is 0 Å². The Morgan fingerprint density at radius 1 is 1.31 bits per heavy atom. The van der Waals surface area contributed by atoms with E-state index < -0.39 is 27.4 Å². The quantitative estimate of drug-likeness (QED) is 0.740. The predicted molar refractivity (Wildman–Crippen MR) is 114 cm³/mol. The monoisotopic (exact) mass is 459 g/mol. The van der Waals surface area contributed by atoms with Crippen molar-refractivity contribution < 1.29 is 22.7 Å². The molecule has 2 heterocycles.